The van der Waals surface area contributed by atoms with Crippen molar-refractivity contribution >= 4 is 39.5 Å². The number of phosphoric ester groups is 2. The van der Waals surface area contributed by atoms with E-state index >= 15 is 0 Å². The minimum Gasteiger partial charge on any atom is -0.462 e. The monoisotopic (exact) mass is 1410 g/mol. The van der Waals surface area contributed by atoms with Gasteiger partial charge in [0.1, 0.15) is 19.3 Å². The Kier molecular flexibility index (Phi) is 65.0. The number of hydrogen-bond donors (Lipinski definition) is 3. The number of carbonyl (C=O) groups is 4. The first kappa shape index (κ1) is 94.1. The molecule has 0 aromatic heterocycles. The lowest BCUT2D eigenvalue weighted by atomic mass is 10.0. The zero-order valence-corrected chi connectivity index (χ0v) is 64.8. The third kappa shape index (κ3) is 70.5. The van der Waals surface area contributed by atoms with Gasteiger partial charge in [0.15, 0.2) is 12.2 Å². The van der Waals surface area contributed by atoms with Crippen LogP contribution in [0.2, 0.25) is 0 Å². The molecule has 0 radical (unpaired) electrons. The summed E-state index contributed by atoms with van der Waals surface area (Å²) in [5.74, 6) is 0.914. The lowest BCUT2D eigenvalue weighted by molar-refractivity contribution is -0.161. The number of aliphatic hydroxyl groups is 1. The number of esters is 4. The van der Waals surface area contributed by atoms with Crippen molar-refractivity contribution in [2.45, 2.75) is 408 Å². The van der Waals surface area contributed by atoms with E-state index in [0.717, 1.165) is 114 Å². The van der Waals surface area contributed by atoms with Crippen LogP contribution in [0, 0.1) is 23.7 Å². The van der Waals surface area contributed by atoms with Crippen LogP contribution in [0.4, 0.5) is 0 Å². The maximum atomic E-state index is 13.1. The second-order valence-corrected chi connectivity index (χ2v) is 32.6. The second kappa shape index (κ2) is 66.3. The third-order valence-corrected chi connectivity index (χ3v) is 19.7. The highest BCUT2D eigenvalue weighted by Gasteiger charge is 2.30. The highest BCUT2D eigenvalue weighted by Crippen LogP contribution is 2.45. The van der Waals surface area contributed by atoms with Crippen molar-refractivity contribution in [1.82, 2.24) is 0 Å². The van der Waals surface area contributed by atoms with Crippen LogP contribution in [0.25, 0.3) is 0 Å². The lowest BCUT2D eigenvalue weighted by Crippen LogP contribution is -2.30. The molecule has 0 fully saturated rings. The van der Waals surface area contributed by atoms with Gasteiger partial charge in [0.05, 0.1) is 26.4 Å². The summed E-state index contributed by atoms with van der Waals surface area (Å²) in [6.07, 6.45) is 51.4. The van der Waals surface area contributed by atoms with Crippen LogP contribution in [-0.2, 0) is 65.4 Å². The summed E-state index contributed by atoms with van der Waals surface area (Å²) in [5.41, 5.74) is 0. The predicted molar refractivity (Wildman–Crippen MR) is 391 cm³/mol. The molecule has 17 nitrogen and oxygen atoms in total. The summed E-state index contributed by atoms with van der Waals surface area (Å²) >= 11 is 0. The molecule has 0 saturated carbocycles. The number of aliphatic hydroxyl groups excluding tert-OH is 1. The average molecular weight is 1410 g/mol. The summed E-state index contributed by atoms with van der Waals surface area (Å²) in [6, 6.07) is 0. The molecule has 3 N–H and O–H groups in total. The van der Waals surface area contributed by atoms with Crippen LogP contribution < -0.4 is 0 Å². The number of rotatable bonds is 74. The van der Waals surface area contributed by atoms with Gasteiger partial charge in [0.2, 0.25) is 0 Å². The Morgan fingerprint density at radius 2 is 0.438 bits per heavy atom. The fourth-order valence-corrected chi connectivity index (χ4v) is 13.3. The first-order valence-corrected chi connectivity index (χ1v) is 42.7. The molecule has 0 rings (SSSR count). The zero-order valence-electron chi connectivity index (χ0n) is 63.0. The smallest absolute Gasteiger partial charge is 0.462 e. The Morgan fingerprint density at radius 3 is 0.646 bits per heavy atom. The maximum absolute atomic E-state index is 13.1. The molecule has 3 unspecified atom stereocenters. The van der Waals surface area contributed by atoms with Crippen LogP contribution in [0.15, 0.2) is 0 Å². The van der Waals surface area contributed by atoms with E-state index in [-0.39, 0.29) is 25.7 Å². The van der Waals surface area contributed by atoms with E-state index in [1.807, 2.05) is 0 Å². The summed E-state index contributed by atoms with van der Waals surface area (Å²) in [6.45, 7) is 14.2. The van der Waals surface area contributed by atoms with Gasteiger partial charge >= 0.3 is 39.5 Å². The number of ether oxygens (including phenoxy) is 4. The van der Waals surface area contributed by atoms with E-state index in [1.165, 1.54) is 186 Å². The van der Waals surface area contributed by atoms with Crippen molar-refractivity contribution in [3.8, 4) is 0 Å². The quantitative estimate of drug-likeness (QED) is 0.0222. The molecule has 0 aromatic carbocycles. The number of phosphoric acid groups is 2. The topological polar surface area (TPSA) is 237 Å². The first-order chi connectivity index (χ1) is 46.1. The Morgan fingerprint density at radius 1 is 0.260 bits per heavy atom. The van der Waals surface area contributed by atoms with Gasteiger partial charge in [-0.1, -0.05) is 338 Å². The maximum Gasteiger partial charge on any atom is 0.472 e. The van der Waals surface area contributed by atoms with E-state index in [2.05, 4.69) is 55.4 Å². The minimum atomic E-state index is -4.96. The Bertz CT molecular complexity index is 1880. The van der Waals surface area contributed by atoms with E-state index < -0.39 is 97.5 Å². The first-order valence-electron chi connectivity index (χ1n) is 39.7. The molecule has 0 heterocycles. The predicted octanol–water partition coefficient (Wildman–Crippen LogP) is 22.4. The van der Waals surface area contributed by atoms with Crippen molar-refractivity contribution in [3.63, 3.8) is 0 Å². The van der Waals surface area contributed by atoms with Gasteiger partial charge < -0.3 is 33.8 Å². The minimum absolute atomic E-state index is 0.104. The van der Waals surface area contributed by atoms with Crippen molar-refractivity contribution in [3.05, 3.63) is 0 Å². The molecule has 0 aliphatic carbocycles. The summed E-state index contributed by atoms with van der Waals surface area (Å²) in [7, 11) is -9.91. The third-order valence-electron chi connectivity index (χ3n) is 17.8. The normalized spacial score (nSPS) is 14.1. The molecule has 570 valence electrons. The van der Waals surface area contributed by atoms with E-state index in [9.17, 15) is 43.2 Å². The zero-order chi connectivity index (χ0) is 71.0. The molecule has 0 amide bonds. The summed E-state index contributed by atoms with van der Waals surface area (Å²) in [5, 5.41) is 10.6. The largest absolute Gasteiger partial charge is 0.472 e. The Labute approximate surface area is 588 Å². The van der Waals surface area contributed by atoms with Gasteiger partial charge in [0, 0.05) is 25.7 Å². The van der Waals surface area contributed by atoms with Crippen LogP contribution in [0.5, 0.6) is 0 Å². The fraction of sp³-hybridized carbons (Fsp3) is 0.948. The average Bonchev–Trinajstić information content (AvgIpc) is 1.09. The van der Waals surface area contributed by atoms with Crippen LogP contribution in [0.1, 0.15) is 389 Å². The SMILES string of the molecule is CC(C)CCCCCCCCCCCCCCCCCC(=O)OC[C@H](COP(=O)(O)OCC(O)COP(=O)(O)OC[C@@H](COC(=O)CCCCCCCCCC(C)C)OC(=O)CCCCCCCCCCCC(C)C)OC(=O)CCCCCCCCCCCCCCCC(C)C. The summed E-state index contributed by atoms with van der Waals surface area (Å²) < 4.78 is 68.5. The molecular weight excluding hydrogens is 1260 g/mol. The molecule has 19 heteroatoms. The van der Waals surface area contributed by atoms with Crippen LogP contribution >= 0.6 is 15.6 Å². The van der Waals surface area contributed by atoms with E-state index in [1.54, 1.807) is 0 Å². The molecule has 0 saturated heterocycles. The van der Waals surface area contributed by atoms with Gasteiger partial charge in [-0.25, -0.2) is 9.13 Å². The Hall–Kier alpha value is -1.94. The highest BCUT2D eigenvalue weighted by molar-refractivity contribution is 7.47. The lowest BCUT2D eigenvalue weighted by Gasteiger charge is -2.21. The Balaban J connectivity index is 5.24. The number of hydrogen-bond acceptors (Lipinski definition) is 15. The highest BCUT2D eigenvalue weighted by atomic mass is 31.2. The van der Waals surface area contributed by atoms with Crippen molar-refractivity contribution < 1.29 is 80.2 Å². The second-order valence-electron chi connectivity index (χ2n) is 29.7. The van der Waals surface area contributed by atoms with Crippen molar-refractivity contribution in [2.75, 3.05) is 39.6 Å². The van der Waals surface area contributed by atoms with Crippen LogP contribution in [0.3, 0.4) is 0 Å². The molecule has 0 aliphatic heterocycles. The van der Waals surface area contributed by atoms with Gasteiger partial charge in [-0.15, -0.1) is 0 Å². The van der Waals surface area contributed by atoms with Gasteiger partial charge in [0.25, 0.3) is 0 Å². The number of unbranched alkanes of at least 4 members (excludes halogenated alkanes) is 40. The van der Waals surface area contributed by atoms with E-state index in [4.69, 9.17) is 37.0 Å². The fourth-order valence-electron chi connectivity index (χ4n) is 11.7. The van der Waals surface area contributed by atoms with Crippen molar-refractivity contribution in [1.29, 1.82) is 0 Å². The number of carbonyl (C=O) groups excluding carboxylic acids is 4. The molecular formula is C77H150O17P2. The molecule has 0 bridgehead atoms. The molecule has 5 atom stereocenters. The summed E-state index contributed by atoms with van der Waals surface area (Å²) in [4.78, 5) is 72.8. The van der Waals surface area contributed by atoms with Gasteiger partial charge in [-0.2, -0.15) is 0 Å². The molecule has 0 aliphatic rings. The van der Waals surface area contributed by atoms with Crippen molar-refractivity contribution in [2.24, 2.45) is 23.7 Å². The van der Waals surface area contributed by atoms with Gasteiger partial charge in [-0.3, -0.25) is 37.3 Å². The standard InChI is InChI=1S/C77H150O17P2/c1-67(2)53-45-37-29-22-17-13-10-9-11-15-19-25-33-41-49-57-74(79)87-63-72(93-76(81)59-51-43-34-26-20-16-12-14-18-23-30-38-46-54-68(3)4)65-91-95(83,84)89-61-71(78)62-90-96(85,86)92-66-73(64-88-75(80)58-50-42-36-28-32-40-48-56-70(7)8)94-77(82)60-52-44-35-27-21-24-31-39-47-55-69(5)6/h67-73,78H,9-66H2,1-8H3,(H,83,84)(H,85,86)/t71?,72-,73-/m1/s1. The molecule has 0 spiro atoms. The van der Waals surface area contributed by atoms with E-state index in [0.29, 0.717) is 31.6 Å². The van der Waals surface area contributed by atoms with Crippen LogP contribution in [-0.4, -0.2) is 96.7 Å². The molecule has 0 aromatic rings. The van der Waals surface area contributed by atoms with Gasteiger partial charge in [-0.05, 0) is 49.4 Å². The molecule has 96 heavy (non-hydrogen) atoms.